The largest absolute Gasteiger partial charge is 0.416 e. The molecule has 188 valence electrons. The van der Waals surface area contributed by atoms with Gasteiger partial charge in [0.15, 0.2) is 0 Å². The molecule has 4 rings (SSSR count). The summed E-state index contributed by atoms with van der Waals surface area (Å²) in [6.45, 7) is 3.67. The Kier molecular flexibility index (Phi) is 7.71. The van der Waals surface area contributed by atoms with Crippen LogP contribution in [-0.2, 0) is 15.7 Å². The van der Waals surface area contributed by atoms with E-state index in [0.29, 0.717) is 32.0 Å². The molecular weight excluding hydrogens is 471 g/mol. The second-order valence-electron chi connectivity index (χ2n) is 8.47. The van der Waals surface area contributed by atoms with Crippen molar-refractivity contribution >= 4 is 23.2 Å². The molecule has 2 N–H and O–H groups in total. The van der Waals surface area contributed by atoms with Crippen LogP contribution in [0.4, 0.5) is 24.5 Å². The molecule has 1 aliphatic rings. The molecule has 3 aromatic carbocycles. The monoisotopic (exact) mass is 497 g/mol. The number of benzene rings is 3. The summed E-state index contributed by atoms with van der Waals surface area (Å²) in [7, 11) is 0. The number of anilines is 2. The molecule has 0 unspecified atom stereocenters. The third kappa shape index (κ3) is 6.10. The van der Waals surface area contributed by atoms with E-state index in [0.717, 1.165) is 29.3 Å². The number of ether oxygens (including phenoxy) is 1. The number of alkyl halides is 3. The molecule has 1 saturated heterocycles. The summed E-state index contributed by atoms with van der Waals surface area (Å²) in [5.41, 5.74) is 1.20. The molecule has 3 aromatic rings. The van der Waals surface area contributed by atoms with E-state index >= 15 is 0 Å². The highest BCUT2D eigenvalue weighted by Gasteiger charge is 2.32. The van der Waals surface area contributed by atoms with Crippen LogP contribution in [0.3, 0.4) is 0 Å². The predicted octanol–water partition coefficient (Wildman–Crippen LogP) is 5.28. The van der Waals surface area contributed by atoms with Crippen LogP contribution in [0.5, 0.6) is 0 Å². The van der Waals surface area contributed by atoms with Crippen molar-refractivity contribution < 1.29 is 27.5 Å². The number of carbonyl (C=O) groups is 2. The Morgan fingerprint density at radius 2 is 1.53 bits per heavy atom. The van der Waals surface area contributed by atoms with Crippen molar-refractivity contribution in [2.45, 2.75) is 19.1 Å². The normalized spacial score (nSPS) is 15.2. The summed E-state index contributed by atoms with van der Waals surface area (Å²) in [5.74, 6) is -1.14. The Morgan fingerprint density at radius 1 is 0.889 bits per heavy atom. The maximum absolute atomic E-state index is 13.4. The van der Waals surface area contributed by atoms with Crippen LogP contribution in [0.2, 0.25) is 0 Å². The van der Waals surface area contributed by atoms with Crippen LogP contribution < -0.4 is 10.6 Å². The van der Waals surface area contributed by atoms with E-state index < -0.39 is 29.6 Å². The van der Waals surface area contributed by atoms with E-state index in [1.807, 2.05) is 47.4 Å². The fraction of sp³-hybridized carbons (Fsp3) is 0.259. The zero-order valence-electron chi connectivity index (χ0n) is 19.6. The molecule has 0 aromatic heterocycles. The van der Waals surface area contributed by atoms with Crippen molar-refractivity contribution in [1.29, 1.82) is 0 Å². The molecule has 0 bridgehead atoms. The fourth-order valence-corrected chi connectivity index (χ4v) is 3.96. The van der Waals surface area contributed by atoms with Gasteiger partial charge in [-0.25, -0.2) is 0 Å². The van der Waals surface area contributed by atoms with Gasteiger partial charge in [-0.3, -0.25) is 14.5 Å². The van der Waals surface area contributed by atoms with Crippen LogP contribution in [0.1, 0.15) is 22.8 Å². The highest BCUT2D eigenvalue weighted by Crippen LogP contribution is 2.33. The second-order valence-corrected chi connectivity index (χ2v) is 8.47. The lowest BCUT2D eigenvalue weighted by molar-refractivity contribution is -0.137. The van der Waals surface area contributed by atoms with Crippen LogP contribution in [-0.4, -0.2) is 49.1 Å². The SMILES string of the molecule is C[C@H](C(=O)Nc1cc(C(F)(F)F)ccc1C(=O)Nc1ccc(-c2ccccc2)cc1)N1CCOCC1. The fourth-order valence-electron chi connectivity index (χ4n) is 3.96. The lowest BCUT2D eigenvalue weighted by Crippen LogP contribution is -2.47. The van der Waals surface area contributed by atoms with Gasteiger partial charge >= 0.3 is 6.18 Å². The molecule has 6 nitrogen and oxygen atoms in total. The molecule has 1 fully saturated rings. The van der Waals surface area contributed by atoms with Gasteiger partial charge in [0.05, 0.1) is 36.1 Å². The van der Waals surface area contributed by atoms with Crippen LogP contribution >= 0.6 is 0 Å². The number of morpholine rings is 1. The van der Waals surface area contributed by atoms with Crippen LogP contribution in [0.15, 0.2) is 72.8 Å². The highest BCUT2D eigenvalue weighted by molar-refractivity contribution is 6.10. The van der Waals surface area contributed by atoms with Gasteiger partial charge < -0.3 is 15.4 Å². The zero-order valence-corrected chi connectivity index (χ0v) is 19.6. The summed E-state index contributed by atoms with van der Waals surface area (Å²) < 4.78 is 45.4. The Morgan fingerprint density at radius 3 is 2.17 bits per heavy atom. The number of amides is 2. The third-order valence-electron chi connectivity index (χ3n) is 6.07. The van der Waals surface area contributed by atoms with Gasteiger partial charge in [-0.2, -0.15) is 13.2 Å². The summed E-state index contributed by atoms with van der Waals surface area (Å²) >= 11 is 0. The minimum absolute atomic E-state index is 0.0716. The molecule has 0 saturated carbocycles. The minimum atomic E-state index is -4.63. The molecular formula is C27H26F3N3O3. The standard InChI is InChI=1S/C27H26F3N3O3/c1-18(33-13-15-36-16-14-33)25(34)32-24-17-21(27(28,29)30)9-12-23(24)26(35)31-22-10-7-20(8-11-22)19-5-3-2-4-6-19/h2-12,17-18H,13-16H2,1H3,(H,31,35)(H,32,34)/t18-/m1/s1. The van der Waals surface area contributed by atoms with E-state index in [1.165, 1.54) is 0 Å². The average Bonchev–Trinajstić information content (AvgIpc) is 2.89. The maximum Gasteiger partial charge on any atom is 0.416 e. The molecule has 1 heterocycles. The first-order valence-electron chi connectivity index (χ1n) is 11.5. The van der Waals surface area contributed by atoms with Crippen molar-refractivity contribution in [2.24, 2.45) is 0 Å². The molecule has 1 atom stereocenters. The van der Waals surface area contributed by atoms with Crippen molar-refractivity contribution in [1.82, 2.24) is 4.90 Å². The topological polar surface area (TPSA) is 70.7 Å². The van der Waals surface area contributed by atoms with Gasteiger partial charge in [0.2, 0.25) is 5.91 Å². The Labute approximate surface area is 207 Å². The van der Waals surface area contributed by atoms with E-state index in [9.17, 15) is 22.8 Å². The number of hydrogen-bond donors (Lipinski definition) is 2. The average molecular weight is 498 g/mol. The number of hydrogen-bond acceptors (Lipinski definition) is 4. The first-order chi connectivity index (χ1) is 17.2. The summed E-state index contributed by atoms with van der Waals surface area (Å²) in [4.78, 5) is 27.8. The lowest BCUT2D eigenvalue weighted by Gasteiger charge is -2.31. The highest BCUT2D eigenvalue weighted by atomic mass is 19.4. The molecule has 0 radical (unpaired) electrons. The predicted molar refractivity (Wildman–Crippen MR) is 132 cm³/mol. The van der Waals surface area contributed by atoms with Crippen molar-refractivity contribution in [3.05, 3.63) is 83.9 Å². The Bertz CT molecular complexity index is 1210. The van der Waals surface area contributed by atoms with Gasteiger partial charge in [-0.15, -0.1) is 0 Å². The molecule has 9 heteroatoms. The third-order valence-corrected chi connectivity index (χ3v) is 6.07. The number of nitrogens with one attached hydrogen (secondary N) is 2. The van der Waals surface area contributed by atoms with Gasteiger partial charge in [0.25, 0.3) is 5.91 Å². The Hall–Kier alpha value is -3.69. The first-order valence-corrected chi connectivity index (χ1v) is 11.5. The smallest absolute Gasteiger partial charge is 0.379 e. The number of halogens is 3. The molecule has 0 spiro atoms. The van der Waals surface area contributed by atoms with E-state index in [2.05, 4.69) is 10.6 Å². The molecule has 1 aliphatic heterocycles. The van der Waals surface area contributed by atoms with Gasteiger partial charge in [0, 0.05) is 18.8 Å². The zero-order chi connectivity index (χ0) is 25.7. The van der Waals surface area contributed by atoms with Gasteiger partial charge in [0.1, 0.15) is 0 Å². The molecule has 2 amide bonds. The first kappa shape index (κ1) is 25.4. The summed E-state index contributed by atoms with van der Waals surface area (Å²) in [6, 6.07) is 18.9. The van der Waals surface area contributed by atoms with Gasteiger partial charge in [-0.1, -0.05) is 42.5 Å². The van der Waals surface area contributed by atoms with Crippen molar-refractivity contribution in [2.75, 3.05) is 36.9 Å². The summed E-state index contributed by atoms with van der Waals surface area (Å²) in [6.07, 6.45) is -4.63. The van der Waals surface area contributed by atoms with Gasteiger partial charge in [-0.05, 0) is 48.4 Å². The van der Waals surface area contributed by atoms with E-state index in [1.54, 1.807) is 19.1 Å². The second kappa shape index (κ2) is 10.9. The quantitative estimate of drug-likeness (QED) is 0.486. The lowest BCUT2D eigenvalue weighted by atomic mass is 10.0. The Balaban J connectivity index is 1.54. The maximum atomic E-state index is 13.4. The number of rotatable bonds is 6. The molecule has 0 aliphatic carbocycles. The minimum Gasteiger partial charge on any atom is -0.379 e. The van der Waals surface area contributed by atoms with E-state index in [4.69, 9.17) is 4.74 Å². The summed E-state index contributed by atoms with van der Waals surface area (Å²) in [5, 5.41) is 5.24. The van der Waals surface area contributed by atoms with Crippen LogP contribution in [0, 0.1) is 0 Å². The number of carbonyl (C=O) groups excluding carboxylic acids is 2. The van der Waals surface area contributed by atoms with Crippen LogP contribution in [0.25, 0.3) is 11.1 Å². The number of nitrogens with zero attached hydrogens (tertiary/aromatic N) is 1. The van der Waals surface area contributed by atoms with E-state index in [-0.39, 0.29) is 11.3 Å². The van der Waals surface area contributed by atoms with Crippen molar-refractivity contribution in [3.8, 4) is 11.1 Å². The van der Waals surface area contributed by atoms with Crippen molar-refractivity contribution in [3.63, 3.8) is 0 Å². The molecule has 36 heavy (non-hydrogen) atoms.